The van der Waals surface area contributed by atoms with Gasteiger partial charge in [-0.05, 0) is 24.1 Å². The van der Waals surface area contributed by atoms with Crippen LogP contribution in [0, 0.1) is 5.92 Å². The minimum absolute atomic E-state index is 0.105. The van der Waals surface area contributed by atoms with Gasteiger partial charge in [-0.15, -0.1) is 0 Å². The predicted molar refractivity (Wildman–Crippen MR) is 100.0 cm³/mol. The maximum atomic E-state index is 10.7. The molecule has 0 saturated carbocycles. The Hall–Kier alpha value is -1.57. The normalized spacial score (nSPS) is 20.2. The number of hydrogen-bond donors (Lipinski definition) is 2. The van der Waals surface area contributed by atoms with Gasteiger partial charge in [0, 0.05) is 29.6 Å². The van der Waals surface area contributed by atoms with E-state index < -0.39 is 11.9 Å². The van der Waals surface area contributed by atoms with Crippen LogP contribution in [0.25, 0.3) is 0 Å². The van der Waals surface area contributed by atoms with Gasteiger partial charge in [0.1, 0.15) is 6.61 Å². The van der Waals surface area contributed by atoms with E-state index in [4.69, 9.17) is 26.8 Å². The molecule has 1 aromatic carbocycles. The van der Waals surface area contributed by atoms with Crippen LogP contribution in [0.2, 0.25) is 5.02 Å². The third kappa shape index (κ3) is 4.96. The van der Waals surface area contributed by atoms with Crippen molar-refractivity contribution in [3.63, 3.8) is 0 Å². The Morgan fingerprint density at radius 2 is 2.16 bits per heavy atom. The third-order valence-electron chi connectivity index (χ3n) is 3.84. The summed E-state index contributed by atoms with van der Waals surface area (Å²) in [6.07, 6.45) is -0.806. The van der Waals surface area contributed by atoms with Gasteiger partial charge in [0.05, 0.1) is 11.6 Å². The highest BCUT2D eigenvalue weighted by atomic mass is 35.5. The number of nitrogens with two attached hydrogens (primary N) is 1. The number of nitrogens with zero attached hydrogens (tertiary/aromatic N) is 1. The fourth-order valence-electron chi connectivity index (χ4n) is 2.43. The molecule has 0 bridgehead atoms. The summed E-state index contributed by atoms with van der Waals surface area (Å²) in [5.74, 6) is -0.446. The van der Waals surface area contributed by atoms with Gasteiger partial charge in [-0.25, -0.2) is 4.79 Å². The number of benzene rings is 1. The quantitative estimate of drug-likeness (QED) is 0.698. The summed E-state index contributed by atoms with van der Waals surface area (Å²) < 4.78 is 10.7. The fraction of sp³-hybridized carbons (Fsp3) is 0.471. The number of ether oxygens (including phenoxy) is 2. The maximum absolute atomic E-state index is 10.7. The van der Waals surface area contributed by atoms with Gasteiger partial charge in [0.25, 0.3) is 0 Å². The number of thioether (sulfide) groups is 1. The van der Waals surface area contributed by atoms with E-state index in [2.05, 4.69) is 19.2 Å². The zero-order valence-electron chi connectivity index (χ0n) is 14.8. The van der Waals surface area contributed by atoms with E-state index in [1.54, 1.807) is 11.8 Å². The molecule has 25 heavy (non-hydrogen) atoms. The Kier molecular flexibility index (Phi) is 6.48. The molecule has 1 unspecified atom stereocenters. The average Bonchev–Trinajstić information content (AvgIpc) is 2.77. The molecular weight excluding hydrogens is 362 g/mol. The van der Waals surface area contributed by atoms with Crippen LogP contribution in [0.1, 0.15) is 20.8 Å². The summed E-state index contributed by atoms with van der Waals surface area (Å²) in [4.78, 5) is 13.8. The van der Waals surface area contributed by atoms with Gasteiger partial charge >= 0.3 is 6.09 Å². The van der Waals surface area contributed by atoms with Gasteiger partial charge in [-0.1, -0.05) is 43.3 Å². The molecule has 0 radical (unpaired) electrons. The Morgan fingerprint density at radius 3 is 2.76 bits per heavy atom. The zero-order valence-corrected chi connectivity index (χ0v) is 16.4. The van der Waals surface area contributed by atoms with Crippen molar-refractivity contribution in [3.05, 3.63) is 40.0 Å². The van der Waals surface area contributed by atoms with Crippen LogP contribution < -0.4 is 11.1 Å². The number of allylic oxidation sites excluding steroid dienone is 1. The lowest BCUT2D eigenvalue weighted by molar-refractivity contribution is -0.130. The first-order chi connectivity index (χ1) is 11.7. The molecule has 2 rings (SSSR count). The second kappa shape index (κ2) is 8.21. The Morgan fingerprint density at radius 1 is 1.44 bits per heavy atom. The molecule has 8 heteroatoms. The minimum Gasteiger partial charge on any atom is -0.447 e. The van der Waals surface area contributed by atoms with Crippen molar-refractivity contribution < 1.29 is 14.3 Å². The number of primary amides is 1. The van der Waals surface area contributed by atoms with Gasteiger partial charge < -0.3 is 25.4 Å². The maximum Gasteiger partial charge on any atom is 0.404 e. The van der Waals surface area contributed by atoms with Crippen molar-refractivity contribution >= 4 is 29.5 Å². The minimum atomic E-state index is -0.806. The van der Waals surface area contributed by atoms with E-state index in [1.165, 1.54) is 0 Å². The largest absolute Gasteiger partial charge is 0.447 e. The number of carbonyl (C=O) groups is 1. The third-order valence-corrected chi connectivity index (χ3v) is 5.25. The number of hydrogen-bond acceptors (Lipinski definition) is 6. The van der Waals surface area contributed by atoms with Crippen LogP contribution in [-0.2, 0) is 9.47 Å². The first kappa shape index (κ1) is 19.8. The summed E-state index contributed by atoms with van der Waals surface area (Å²) in [7, 11) is 1.96. The van der Waals surface area contributed by atoms with E-state index in [0.29, 0.717) is 5.02 Å². The van der Waals surface area contributed by atoms with E-state index in [9.17, 15) is 4.79 Å². The average molecular weight is 386 g/mol. The van der Waals surface area contributed by atoms with E-state index in [1.807, 2.05) is 43.1 Å². The molecule has 1 atom stereocenters. The molecule has 0 fully saturated rings. The first-order valence-corrected chi connectivity index (χ1v) is 9.18. The van der Waals surface area contributed by atoms with Crippen molar-refractivity contribution in [1.82, 2.24) is 10.2 Å². The van der Waals surface area contributed by atoms with Gasteiger partial charge in [-0.2, -0.15) is 0 Å². The summed E-state index contributed by atoms with van der Waals surface area (Å²) in [5, 5.41) is 5.21. The molecule has 1 aliphatic rings. The summed E-state index contributed by atoms with van der Waals surface area (Å²) in [6.45, 7) is 6.52. The van der Waals surface area contributed by atoms with Crippen LogP contribution >= 0.6 is 23.4 Å². The van der Waals surface area contributed by atoms with E-state index >= 15 is 0 Å². The molecule has 6 nitrogen and oxygen atoms in total. The predicted octanol–water partition coefficient (Wildman–Crippen LogP) is 3.58. The first-order valence-electron chi connectivity index (χ1n) is 7.98. The van der Waals surface area contributed by atoms with Crippen molar-refractivity contribution in [2.75, 3.05) is 20.3 Å². The van der Waals surface area contributed by atoms with Crippen LogP contribution in [0.3, 0.4) is 0 Å². The highest BCUT2D eigenvalue weighted by Crippen LogP contribution is 2.41. The highest BCUT2D eigenvalue weighted by molar-refractivity contribution is 8.03. The highest BCUT2D eigenvalue weighted by Gasteiger charge is 2.41. The molecule has 1 heterocycles. The molecule has 138 valence electrons. The Labute approximate surface area is 157 Å². The summed E-state index contributed by atoms with van der Waals surface area (Å²) in [6, 6.07) is 7.74. The molecule has 0 aliphatic carbocycles. The van der Waals surface area contributed by atoms with Crippen molar-refractivity contribution in [2.24, 2.45) is 11.7 Å². The molecule has 3 N–H and O–H groups in total. The molecule has 0 spiro atoms. The lowest BCUT2D eigenvalue weighted by atomic mass is 10.1. The second-order valence-corrected chi connectivity index (χ2v) is 7.61. The number of amides is 1. The van der Waals surface area contributed by atoms with Crippen molar-refractivity contribution in [3.8, 4) is 0 Å². The fourth-order valence-corrected chi connectivity index (χ4v) is 3.95. The van der Waals surface area contributed by atoms with Crippen LogP contribution in [0.15, 0.2) is 39.9 Å². The number of halogens is 1. The number of carbonyl (C=O) groups excluding carboxylic acids is 1. The molecule has 1 aliphatic heterocycles. The summed E-state index contributed by atoms with van der Waals surface area (Å²) >= 11 is 7.73. The topological polar surface area (TPSA) is 76.8 Å². The zero-order chi connectivity index (χ0) is 18.6. The molecule has 1 aromatic rings. The van der Waals surface area contributed by atoms with Gasteiger partial charge in [0.2, 0.25) is 5.85 Å². The van der Waals surface area contributed by atoms with E-state index in [-0.39, 0.29) is 19.1 Å². The SMILES string of the molecule is CC(C)C1=C(Sc2cccc(Cl)c2)N(C)C(C)(OCCOC(N)=O)N1. The standard InChI is InChI=1S/C17H24ClN3O3S/c1-11(2)14-15(25-13-7-5-6-12(18)10-13)21(4)17(3,20-14)24-9-8-23-16(19)22/h5-7,10-11,20H,8-9H2,1-4H3,(H2,19,22). The van der Waals surface area contributed by atoms with Crippen LogP contribution in [-0.4, -0.2) is 37.1 Å². The Bertz CT molecular complexity index is 668. The Balaban J connectivity index is 2.13. The van der Waals surface area contributed by atoms with Crippen LogP contribution in [0.5, 0.6) is 0 Å². The molecule has 0 aromatic heterocycles. The second-order valence-electron chi connectivity index (χ2n) is 6.12. The smallest absolute Gasteiger partial charge is 0.404 e. The number of nitrogens with one attached hydrogen (secondary N) is 1. The van der Waals surface area contributed by atoms with Crippen LogP contribution in [0.4, 0.5) is 4.79 Å². The van der Waals surface area contributed by atoms with Crippen molar-refractivity contribution in [1.29, 1.82) is 0 Å². The van der Waals surface area contributed by atoms with Gasteiger partial charge in [-0.3, -0.25) is 0 Å². The number of rotatable bonds is 7. The van der Waals surface area contributed by atoms with Crippen molar-refractivity contribution in [2.45, 2.75) is 31.5 Å². The monoisotopic (exact) mass is 385 g/mol. The summed E-state index contributed by atoms with van der Waals surface area (Å²) in [5.41, 5.74) is 6.05. The lowest BCUT2D eigenvalue weighted by Crippen LogP contribution is -2.51. The van der Waals surface area contributed by atoms with E-state index in [0.717, 1.165) is 15.6 Å². The molecule has 0 saturated heterocycles. The molecule has 1 amide bonds. The molecular formula is C17H24ClN3O3S. The van der Waals surface area contributed by atoms with Gasteiger partial charge in [0.15, 0.2) is 0 Å². The lowest BCUT2D eigenvalue weighted by Gasteiger charge is -2.35.